The molecule has 0 bridgehead atoms. The summed E-state index contributed by atoms with van der Waals surface area (Å²) >= 11 is 0. The highest BCUT2D eigenvalue weighted by Gasteiger charge is 2.23. The molecule has 3 N–H and O–H groups in total. The minimum absolute atomic E-state index is 0.0329. The summed E-state index contributed by atoms with van der Waals surface area (Å²) < 4.78 is 1.83. The Morgan fingerprint density at radius 2 is 2.12 bits per heavy atom. The van der Waals surface area contributed by atoms with E-state index in [1.165, 1.54) is 5.56 Å². The molecule has 1 unspecified atom stereocenters. The van der Waals surface area contributed by atoms with Crippen molar-refractivity contribution in [3.8, 4) is 0 Å². The highest BCUT2D eigenvalue weighted by atomic mass is 16.3. The van der Waals surface area contributed by atoms with E-state index in [1.54, 1.807) is 0 Å². The minimum atomic E-state index is 0.0329. The van der Waals surface area contributed by atoms with Gasteiger partial charge in [0.05, 0.1) is 5.69 Å². The van der Waals surface area contributed by atoms with Gasteiger partial charge in [0.25, 0.3) is 0 Å². The van der Waals surface area contributed by atoms with Crippen molar-refractivity contribution in [1.29, 1.82) is 0 Å². The summed E-state index contributed by atoms with van der Waals surface area (Å²) in [7, 11) is 1.93. The maximum atomic E-state index is 9.18. The largest absolute Gasteiger partial charge is 0.396 e. The van der Waals surface area contributed by atoms with Crippen molar-refractivity contribution >= 4 is 0 Å². The first kappa shape index (κ1) is 13.2. The number of aliphatic hydroxyl groups excluding tert-OH is 1. The van der Waals surface area contributed by atoms with Crippen LogP contribution in [0.3, 0.4) is 0 Å². The van der Waals surface area contributed by atoms with Crippen molar-refractivity contribution in [2.45, 2.75) is 32.6 Å². The number of aromatic nitrogens is 2. The molecule has 0 saturated carbocycles. The molecule has 1 atom stereocenters. The average molecular weight is 225 g/mol. The van der Waals surface area contributed by atoms with Gasteiger partial charge in [0.2, 0.25) is 0 Å². The predicted molar refractivity (Wildman–Crippen MR) is 65.2 cm³/mol. The Kier molecular flexibility index (Phi) is 4.10. The van der Waals surface area contributed by atoms with Gasteiger partial charge in [-0.15, -0.1) is 0 Å². The van der Waals surface area contributed by atoms with Crippen LogP contribution >= 0.6 is 0 Å². The first-order valence-corrected chi connectivity index (χ1v) is 5.72. The number of hydrogen-bond acceptors (Lipinski definition) is 3. The van der Waals surface area contributed by atoms with E-state index in [2.05, 4.69) is 25.9 Å². The van der Waals surface area contributed by atoms with E-state index in [9.17, 15) is 5.11 Å². The Hall–Kier alpha value is -0.870. The molecular formula is C12H23N3O. The second-order valence-electron chi connectivity index (χ2n) is 5.42. The van der Waals surface area contributed by atoms with Gasteiger partial charge < -0.3 is 10.8 Å². The van der Waals surface area contributed by atoms with Gasteiger partial charge in [0.1, 0.15) is 0 Å². The van der Waals surface area contributed by atoms with Crippen LogP contribution < -0.4 is 5.73 Å². The van der Waals surface area contributed by atoms with Gasteiger partial charge in [-0.25, -0.2) is 0 Å². The summed E-state index contributed by atoms with van der Waals surface area (Å²) in [6, 6.07) is 0. The van der Waals surface area contributed by atoms with Crippen molar-refractivity contribution in [2.24, 2.45) is 18.7 Å². The molecule has 16 heavy (non-hydrogen) atoms. The lowest BCUT2D eigenvalue weighted by Gasteiger charge is -2.19. The standard InChI is InChI=1S/C12H23N3O/c1-12(2,3)11-10(7-15(4)14-11)5-9(6-13)8-16/h7,9,16H,5-6,8,13H2,1-4H3. The van der Waals surface area contributed by atoms with E-state index >= 15 is 0 Å². The second kappa shape index (κ2) is 4.97. The fourth-order valence-electron chi connectivity index (χ4n) is 1.85. The summed E-state index contributed by atoms with van der Waals surface area (Å²) in [6.45, 7) is 7.09. The number of nitrogens with two attached hydrogens (primary N) is 1. The van der Waals surface area contributed by atoms with Gasteiger partial charge in [-0.1, -0.05) is 20.8 Å². The third-order valence-electron chi connectivity index (χ3n) is 2.72. The number of nitrogens with zero attached hydrogens (tertiary/aromatic N) is 2. The van der Waals surface area contributed by atoms with Gasteiger partial charge in [-0.3, -0.25) is 4.68 Å². The molecule has 92 valence electrons. The molecule has 4 heteroatoms. The van der Waals surface area contributed by atoms with Crippen molar-refractivity contribution in [2.75, 3.05) is 13.2 Å². The molecule has 0 aliphatic rings. The zero-order valence-electron chi connectivity index (χ0n) is 10.7. The molecule has 0 saturated heterocycles. The lowest BCUT2D eigenvalue weighted by atomic mass is 9.87. The number of aliphatic hydroxyl groups is 1. The third-order valence-corrected chi connectivity index (χ3v) is 2.72. The van der Waals surface area contributed by atoms with Crippen LogP contribution in [0.2, 0.25) is 0 Å². The molecule has 0 amide bonds. The molecule has 0 aliphatic carbocycles. The minimum Gasteiger partial charge on any atom is -0.396 e. The average Bonchev–Trinajstić information content (AvgIpc) is 2.55. The monoisotopic (exact) mass is 225 g/mol. The molecule has 0 radical (unpaired) electrons. The van der Waals surface area contributed by atoms with Crippen LogP contribution in [0.25, 0.3) is 0 Å². The topological polar surface area (TPSA) is 64.1 Å². The normalized spacial score (nSPS) is 14.1. The van der Waals surface area contributed by atoms with Crippen LogP contribution in [-0.2, 0) is 18.9 Å². The van der Waals surface area contributed by atoms with Gasteiger partial charge in [0, 0.05) is 25.3 Å². The van der Waals surface area contributed by atoms with Gasteiger partial charge in [0.15, 0.2) is 0 Å². The molecule has 1 aromatic heterocycles. The Labute approximate surface area is 97.5 Å². The highest BCUT2D eigenvalue weighted by Crippen LogP contribution is 2.25. The van der Waals surface area contributed by atoms with Crippen molar-refractivity contribution < 1.29 is 5.11 Å². The van der Waals surface area contributed by atoms with Crippen LogP contribution in [-0.4, -0.2) is 28.0 Å². The van der Waals surface area contributed by atoms with E-state index in [4.69, 9.17) is 5.73 Å². The lowest BCUT2D eigenvalue weighted by molar-refractivity contribution is 0.229. The number of rotatable bonds is 4. The fraction of sp³-hybridized carbons (Fsp3) is 0.750. The Morgan fingerprint density at radius 1 is 1.50 bits per heavy atom. The second-order valence-corrected chi connectivity index (χ2v) is 5.42. The van der Waals surface area contributed by atoms with Crippen molar-refractivity contribution in [1.82, 2.24) is 9.78 Å². The van der Waals surface area contributed by atoms with Crippen LogP contribution in [0, 0.1) is 5.92 Å². The SMILES string of the molecule is Cn1cc(CC(CN)CO)c(C(C)(C)C)n1. The molecule has 1 aromatic rings. The van der Waals surface area contributed by atoms with Crippen molar-refractivity contribution in [3.63, 3.8) is 0 Å². The van der Waals surface area contributed by atoms with Gasteiger partial charge in [-0.05, 0) is 24.4 Å². The molecular weight excluding hydrogens is 202 g/mol. The molecule has 1 rings (SSSR count). The zero-order chi connectivity index (χ0) is 12.3. The zero-order valence-corrected chi connectivity index (χ0v) is 10.7. The van der Waals surface area contributed by atoms with E-state index in [-0.39, 0.29) is 17.9 Å². The Balaban J connectivity index is 2.95. The van der Waals surface area contributed by atoms with Crippen molar-refractivity contribution in [3.05, 3.63) is 17.5 Å². The molecule has 0 aromatic carbocycles. The van der Waals surface area contributed by atoms with E-state index in [0.717, 1.165) is 12.1 Å². The summed E-state index contributed by atoms with van der Waals surface area (Å²) in [6.07, 6.45) is 2.83. The summed E-state index contributed by atoms with van der Waals surface area (Å²) in [4.78, 5) is 0. The fourth-order valence-corrected chi connectivity index (χ4v) is 1.85. The third kappa shape index (κ3) is 3.06. The molecule has 0 fully saturated rings. The highest BCUT2D eigenvalue weighted by molar-refractivity contribution is 5.24. The first-order chi connectivity index (χ1) is 7.38. The molecule has 4 nitrogen and oxygen atoms in total. The molecule has 0 spiro atoms. The smallest absolute Gasteiger partial charge is 0.0709 e. The van der Waals surface area contributed by atoms with Crippen LogP contribution in [0.1, 0.15) is 32.0 Å². The summed E-state index contributed by atoms with van der Waals surface area (Å²) in [5.74, 6) is 0.130. The van der Waals surface area contributed by atoms with Crippen LogP contribution in [0.15, 0.2) is 6.20 Å². The Morgan fingerprint density at radius 3 is 2.56 bits per heavy atom. The van der Waals surface area contributed by atoms with E-state index in [1.807, 2.05) is 17.9 Å². The summed E-state index contributed by atoms with van der Waals surface area (Å²) in [5.41, 5.74) is 7.94. The predicted octanol–water partition coefficient (Wildman–Crippen LogP) is 0.827. The lowest BCUT2D eigenvalue weighted by Crippen LogP contribution is -2.22. The Bertz CT molecular complexity index is 335. The quantitative estimate of drug-likeness (QED) is 0.797. The number of hydrogen-bond donors (Lipinski definition) is 2. The maximum absolute atomic E-state index is 9.18. The maximum Gasteiger partial charge on any atom is 0.0709 e. The first-order valence-electron chi connectivity index (χ1n) is 5.72. The molecule has 1 heterocycles. The molecule has 0 aliphatic heterocycles. The van der Waals surface area contributed by atoms with E-state index < -0.39 is 0 Å². The van der Waals surface area contributed by atoms with E-state index in [0.29, 0.717) is 6.54 Å². The number of aryl methyl sites for hydroxylation is 1. The summed E-state index contributed by atoms with van der Waals surface area (Å²) in [5, 5.41) is 13.7. The van der Waals surface area contributed by atoms with Crippen LogP contribution in [0.4, 0.5) is 0 Å². The van der Waals surface area contributed by atoms with Gasteiger partial charge in [-0.2, -0.15) is 5.10 Å². The van der Waals surface area contributed by atoms with Crippen LogP contribution in [0.5, 0.6) is 0 Å². The van der Waals surface area contributed by atoms with Gasteiger partial charge >= 0.3 is 0 Å².